The molecule has 3 nitrogen and oxygen atoms in total. The predicted octanol–water partition coefficient (Wildman–Crippen LogP) is 6.05. The Bertz CT molecular complexity index is 904. The van der Waals surface area contributed by atoms with E-state index in [9.17, 15) is 0 Å². The largest absolute Gasteiger partial charge is 0.493 e. The zero-order valence-electron chi connectivity index (χ0n) is 18.2. The Morgan fingerprint density at radius 2 is 1.93 bits per heavy atom. The molecule has 1 aromatic carbocycles. The van der Waals surface area contributed by atoms with Gasteiger partial charge in [0.1, 0.15) is 13.2 Å². The number of methoxy groups -OCH3 is 1. The molecule has 2 bridgehead atoms. The molecule has 1 unspecified atom stereocenters. The van der Waals surface area contributed by atoms with Crippen LogP contribution in [0.25, 0.3) is 0 Å². The topological polar surface area (TPSA) is 27.7 Å². The summed E-state index contributed by atoms with van der Waals surface area (Å²) < 4.78 is 18.0. The van der Waals surface area contributed by atoms with Gasteiger partial charge in [0.25, 0.3) is 0 Å². The van der Waals surface area contributed by atoms with E-state index in [2.05, 4.69) is 26.5 Å². The minimum absolute atomic E-state index is 0.386. The normalized spacial score (nSPS) is 41.6. The van der Waals surface area contributed by atoms with Crippen molar-refractivity contribution >= 4 is 0 Å². The molecule has 0 N–H and O–H groups in total. The summed E-state index contributed by atoms with van der Waals surface area (Å²) >= 11 is 0. The van der Waals surface area contributed by atoms with Crippen molar-refractivity contribution in [1.29, 1.82) is 0 Å². The molecule has 4 aliphatic carbocycles. The van der Waals surface area contributed by atoms with Crippen LogP contribution in [0.3, 0.4) is 0 Å². The molecule has 156 valence electrons. The lowest BCUT2D eigenvalue weighted by molar-refractivity contribution is -0.0569. The summed E-state index contributed by atoms with van der Waals surface area (Å²) in [6.45, 7) is 11.0. The molecule has 1 heterocycles. The quantitative estimate of drug-likeness (QED) is 0.572. The fourth-order valence-electron chi connectivity index (χ4n) is 9.07. The predicted molar refractivity (Wildman–Crippen MR) is 114 cm³/mol. The van der Waals surface area contributed by atoms with Gasteiger partial charge in [0.15, 0.2) is 11.5 Å². The third-order valence-corrected chi connectivity index (χ3v) is 10.3. The van der Waals surface area contributed by atoms with Crippen LogP contribution in [0, 0.1) is 22.2 Å². The summed E-state index contributed by atoms with van der Waals surface area (Å²) in [7, 11) is 1.74. The average Bonchev–Trinajstić information content (AvgIpc) is 3.12. The van der Waals surface area contributed by atoms with Crippen molar-refractivity contribution < 1.29 is 14.2 Å². The Morgan fingerprint density at radius 3 is 2.66 bits per heavy atom. The van der Waals surface area contributed by atoms with Gasteiger partial charge in [0.05, 0.1) is 7.11 Å². The third-order valence-electron chi connectivity index (χ3n) is 10.3. The summed E-state index contributed by atoms with van der Waals surface area (Å²) in [4.78, 5) is 0. The maximum absolute atomic E-state index is 6.27. The van der Waals surface area contributed by atoms with Crippen molar-refractivity contribution in [2.24, 2.45) is 22.2 Å². The van der Waals surface area contributed by atoms with Crippen molar-refractivity contribution in [2.75, 3.05) is 20.3 Å². The van der Waals surface area contributed by atoms with Crippen LogP contribution in [0.1, 0.15) is 75.8 Å². The van der Waals surface area contributed by atoms with Crippen LogP contribution in [0.5, 0.6) is 17.2 Å². The Labute approximate surface area is 174 Å². The molecule has 1 aromatic rings. The molecule has 0 amide bonds. The number of rotatable bonds is 2. The lowest BCUT2D eigenvalue weighted by Crippen LogP contribution is -2.50. The molecule has 29 heavy (non-hydrogen) atoms. The molecule has 6 rings (SSSR count). The van der Waals surface area contributed by atoms with Gasteiger partial charge in [0, 0.05) is 5.56 Å². The Morgan fingerprint density at radius 1 is 1.14 bits per heavy atom. The van der Waals surface area contributed by atoms with Gasteiger partial charge in [-0.05, 0) is 91.1 Å². The minimum Gasteiger partial charge on any atom is -0.493 e. The number of ether oxygens (including phenoxy) is 3. The molecule has 0 spiro atoms. The van der Waals surface area contributed by atoms with E-state index in [1.807, 2.05) is 0 Å². The summed E-state index contributed by atoms with van der Waals surface area (Å²) in [5.41, 5.74) is 5.70. The molecule has 3 fully saturated rings. The van der Waals surface area contributed by atoms with E-state index in [1.54, 1.807) is 12.7 Å². The number of aryl methyl sites for hydroxylation is 1. The summed E-state index contributed by atoms with van der Waals surface area (Å²) in [6.07, 6.45) is 10.3. The first-order valence-corrected chi connectivity index (χ1v) is 11.7. The summed E-state index contributed by atoms with van der Waals surface area (Å²) in [6, 6.07) is 2.24. The maximum atomic E-state index is 6.27. The molecular formula is C26H34O3. The molecular weight excluding hydrogens is 360 g/mol. The highest BCUT2D eigenvalue weighted by atomic mass is 16.6. The van der Waals surface area contributed by atoms with E-state index in [-0.39, 0.29) is 0 Å². The number of hydrogen-bond acceptors (Lipinski definition) is 3. The third kappa shape index (κ3) is 1.87. The highest BCUT2D eigenvalue weighted by molar-refractivity contribution is 5.62. The van der Waals surface area contributed by atoms with Gasteiger partial charge in [-0.1, -0.05) is 26.0 Å². The molecule has 1 aliphatic heterocycles. The molecule has 0 radical (unpaired) electrons. The molecule has 3 saturated carbocycles. The zero-order chi connectivity index (χ0) is 20.0. The van der Waals surface area contributed by atoms with E-state index >= 15 is 0 Å². The average molecular weight is 395 g/mol. The maximum Gasteiger partial charge on any atom is 0.204 e. The summed E-state index contributed by atoms with van der Waals surface area (Å²) in [5, 5.41) is 0. The van der Waals surface area contributed by atoms with Gasteiger partial charge in [-0.2, -0.15) is 0 Å². The molecule has 3 heteroatoms. The first-order valence-electron chi connectivity index (χ1n) is 11.7. The van der Waals surface area contributed by atoms with Crippen molar-refractivity contribution in [3.8, 4) is 17.2 Å². The standard InChI is InChI=1S/C26H34O3/c1-5-25-10-11-26(15-16(25)2)19-7-6-17-14-20(27-4)22-23(29-13-12-28-22)21(17)18(19)8-9-24(25,26)3/h14,18-19H,2,5-13,15H2,1,3-4H3/t18-,19+,24+,25+,26?/m0/s1. The first kappa shape index (κ1) is 18.2. The van der Waals surface area contributed by atoms with Crippen LogP contribution in [-0.2, 0) is 6.42 Å². The van der Waals surface area contributed by atoms with Crippen LogP contribution in [0.2, 0.25) is 0 Å². The lowest BCUT2D eigenvalue weighted by atomic mass is 9.47. The van der Waals surface area contributed by atoms with E-state index in [1.165, 1.54) is 56.1 Å². The molecule has 5 aliphatic rings. The lowest BCUT2D eigenvalue weighted by Gasteiger charge is -2.57. The zero-order valence-corrected chi connectivity index (χ0v) is 18.2. The highest BCUT2D eigenvalue weighted by Crippen LogP contribution is 2.83. The second kappa shape index (κ2) is 5.74. The van der Waals surface area contributed by atoms with E-state index in [4.69, 9.17) is 14.2 Å². The van der Waals surface area contributed by atoms with Gasteiger partial charge in [0.2, 0.25) is 5.75 Å². The van der Waals surface area contributed by atoms with Crippen LogP contribution >= 0.6 is 0 Å². The monoisotopic (exact) mass is 394 g/mol. The number of hydrogen-bond donors (Lipinski definition) is 0. The van der Waals surface area contributed by atoms with E-state index in [0.717, 1.165) is 29.6 Å². The highest BCUT2D eigenvalue weighted by Gasteiger charge is 2.74. The second-order valence-electron chi connectivity index (χ2n) is 10.5. The fourth-order valence-corrected chi connectivity index (χ4v) is 9.07. The van der Waals surface area contributed by atoms with Crippen LogP contribution in [0.4, 0.5) is 0 Å². The van der Waals surface area contributed by atoms with Crippen molar-refractivity contribution in [3.63, 3.8) is 0 Å². The van der Waals surface area contributed by atoms with E-state index in [0.29, 0.717) is 35.4 Å². The van der Waals surface area contributed by atoms with Gasteiger partial charge in [-0.15, -0.1) is 0 Å². The van der Waals surface area contributed by atoms with Crippen molar-refractivity contribution in [3.05, 3.63) is 29.3 Å². The SMILES string of the molecule is C=C1CC23CC[C@@]1(CC)[C@@]2(C)CC[C@@H]1c2c(cc(OC)c4c2OCCO4)CC[C@H]13. The Hall–Kier alpha value is -1.64. The van der Waals surface area contributed by atoms with Gasteiger partial charge in [-0.25, -0.2) is 0 Å². The molecule has 5 atom stereocenters. The van der Waals surface area contributed by atoms with E-state index < -0.39 is 0 Å². The van der Waals surface area contributed by atoms with Gasteiger partial charge >= 0.3 is 0 Å². The first-order chi connectivity index (χ1) is 14.0. The van der Waals surface area contributed by atoms with Crippen LogP contribution in [-0.4, -0.2) is 20.3 Å². The fraction of sp³-hybridized carbons (Fsp3) is 0.692. The second-order valence-corrected chi connectivity index (χ2v) is 10.5. The van der Waals surface area contributed by atoms with Gasteiger partial charge < -0.3 is 14.2 Å². The summed E-state index contributed by atoms with van der Waals surface area (Å²) in [5.74, 6) is 4.01. The smallest absolute Gasteiger partial charge is 0.204 e. The Balaban J connectivity index is 1.50. The molecule has 0 aromatic heterocycles. The van der Waals surface area contributed by atoms with Crippen molar-refractivity contribution in [2.45, 2.75) is 71.1 Å². The Kier molecular flexibility index (Phi) is 3.59. The minimum atomic E-state index is 0.386. The number of benzene rings is 1. The number of fused-ring (bicyclic) bond motifs is 5. The van der Waals surface area contributed by atoms with Gasteiger partial charge in [-0.3, -0.25) is 0 Å². The number of allylic oxidation sites excluding steroid dienone is 1. The molecule has 0 saturated heterocycles. The van der Waals surface area contributed by atoms with Crippen LogP contribution in [0.15, 0.2) is 18.2 Å². The van der Waals surface area contributed by atoms with Crippen molar-refractivity contribution in [1.82, 2.24) is 0 Å². The van der Waals surface area contributed by atoms with Crippen LogP contribution < -0.4 is 14.2 Å².